The Morgan fingerprint density at radius 1 is 1.18 bits per heavy atom. The topological polar surface area (TPSA) is 20.2 Å². The molecule has 17 heavy (non-hydrogen) atoms. The summed E-state index contributed by atoms with van der Waals surface area (Å²) in [6, 6.07) is 7.52. The van der Waals surface area contributed by atoms with Gasteiger partial charge in [0.1, 0.15) is 0 Å². The SMILES string of the molecule is CCCCCCCC(C)(O)c1cccc(Cl)c1. The summed E-state index contributed by atoms with van der Waals surface area (Å²) in [6.07, 6.45) is 6.88. The monoisotopic (exact) mass is 254 g/mol. The molecule has 1 nitrogen and oxygen atoms in total. The number of unbranched alkanes of at least 4 members (excludes halogenated alkanes) is 4. The maximum absolute atomic E-state index is 10.4. The Labute approximate surface area is 110 Å². The fourth-order valence-electron chi connectivity index (χ4n) is 2.04. The van der Waals surface area contributed by atoms with Gasteiger partial charge in [0.25, 0.3) is 0 Å². The van der Waals surface area contributed by atoms with E-state index in [2.05, 4.69) is 6.92 Å². The van der Waals surface area contributed by atoms with Crippen LogP contribution in [0.15, 0.2) is 24.3 Å². The number of benzene rings is 1. The first-order valence-corrected chi connectivity index (χ1v) is 6.92. The Hall–Kier alpha value is -0.530. The van der Waals surface area contributed by atoms with E-state index in [9.17, 15) is 5.11 Å². The number of halogens is 1. The standard InChI is InChI=1S/C15H23ClO/c1-3-4-5-6-7-11-15(2,17)13-9-8-10-14(16)12-13/h8-10,12,17H,3-7,11H2,1-2H3. The molecule has 96 valence electrons. The summed E-state index contributed by atoms with van der Waals surface area (Å²) in [5.41, 5.74) is 0.164. The van der Waals surface area contributed by atoms with E-state index in [1.807, 2.05) is 31.2 Å². The number of aliphatic hydroxyl groups is 1. The highest BCUT2D eigenvalue weighted by Gasteiger charge is 2.22. The van der Waals surface area contributed by atoms with Crippen molar-refractivity contribution in [1.82, 2.24) is 0 Å². The fraction of sp³-hybridized carbons (Fsp3) is 0.600. The molecule has 1 N–H and O–H groups in total. The molecule has 0 spiro atoms. The Bertz CT molecular complexity index is 333. The van der Waals surface area contributed by atoms with Crippen molar-refractivity contribution in [2.24, 2.45) is 0 Å². The Morgan fingerprint density at radius 3 is 2.53 bits per heavy atom. The van der Waals surface area contributed by atoms with Gasteiger partial charge < -0.3 is 5.11 Å². The average Bonchev–Trinajstić information content (AvgIpc) is 2.29. The van der Waals surface area contributed by atoms with E-state index in [1.54, 1.807) is 0 Å². The van der Waals surface area contributed by atoms with Gasteiger partial charge in [-0.25, -0.2) is 0 Å². The molecule has 0 aliphatic carbocycles. The van der Waals surface area contributed by atoms with E-state index in [4.69, 9.17) is 11.6 Å². The lowest BCUT2D eigenvalue weighted by Gasteiger charge is -2.24. The van der Waals surface area contributed by atoms with Crippen LogP contribution in [0, 0.1) is 0 Å². The second-order valence-electron chi connectivity index (χ2n) is 4.95. The van der Waals surface area contributed by atoms with Crippen LogP contribution in [0.3, 0.4) is 0 Å². The van der Waals surface area contributed by atoms with Gasteiger partial charge in [-0.05, 0) is 31.0 Å². The van der Waals surface area contributed by atoms with Crippen molar-refractivity contribution in [2.75, 3.05) is 0 Å². The minimum Gasteiger partial charge on any atom is -0.385 e. The molecule has 0 fully saturated rings. The molecule has 0 radical (unpaired) electrons. The molecule has 0 aliphatic rings. The average molecular weight is 255 g/mol. The summed E-state index contributed by atoms with van der Waals surface area (Å²) in [7, 11) is 0. The number of hydrogen-bond acceptors (Lipinski definition) is 1. The van der Waals surface area contributed by atoms with Crippen molar-refractivity contribution in [1.29, 1.82) is 0 Å². The van der Waals surface area contributed by atoms with Crippen molar-refractivity contribution in [2.45, 2.75) is 58.0 Å². The first kappa shape index (κ1) is 14.5. The summed E-state index contributed by atoms with van der Waals surface area (Å²) in [5.74, 6) is 0. The minimum atomic E-state index is -0.753. The third-order valence-electron chi connectivity index (χ3n) is 3.21. The summed E-state index contributed by atoms with van der Waals surface area (Å²) in [6.45, 7) is 4.08. The number of hydrogen-bond donors (Lipinski definition) is 1. The molecule has 2 heteroatoms. The van der Waals surface area contributed by atoms with Crippen LogP contribution in [-0.2, 0) is 5.60 Å². The molecule has 1 atom stereocenters. The molecular weight excluding hydrogens is 232 g/mol. The largest absolute Gasteiger partial charge is 0.385 e. The van der Waals surface area contributed by atoms with Crippen molar-refractivity contribution in [3.8, 4) is 0 Å². The highest BCUT2D eigenvalue weighted by molar-refractivity contribution is 6.30. The first-order chi connectivity index (χ1) is 8.06. The van der Waals surface area contributed by atoms with Crippen LogP contribution in [0.25, 0.3) is 0 Å². The van der Waals surface area contributed by atoms with Gasteiger partial charge in [-0.3, -0.25) is 0 Å². The molecule has 1 unspecified atom stereocenters. The van der Waals surface area contributed by atoms with Crippen LogP contribution < -0.4 is 0 Å². The number of rotatable bonds is 7. The fourth-order valence-corrected chi connectivity index (χ4v) is 2.23. The van der Waals surface area contributed by atoms with Crippen molar-refractivity contribution in [3.63, 3.8) is 0 Å². The molecular formula is C15H23ClO. The quantitative estimate of drug-likeness (QED) is 0.686. The maximum Gasteiger partial charge on any atom is 0.0869 e. The van der Waals surface area contributed by atoms with E-state index in [-0.39, 0.29) is 0 Å². The van der Waals surface area contributed by atoms with E-state index < -0.39 is 5.60 Å². The lowest BCUT2D eigenvalue weighted by Crippen LogP contribution is -2.20. The van der Waals surface area contributed by atoms with E-state index >= 15 is 0 Å². The van der Waals surface area contributed by atoms with Crippen LogP contribution >= 0.6 is 11.6 Å². The molecule has 0 bridgehead atoms. The van der Waals surface area contributed by atoms with Crippen LogP contribution in [-0.4, -0.2) is 5.11 Å². The summed E-state index contributed by atoms with van der Waals surface area (Å²) in [5, 5.41) is 11.1. The predicted molar refractivity (Wildman–Crippen MR) is 74.4 cm³/mol. The highest BCUT2D eigenvalue weighted by atomic mass is 35.5. The third kappa shape index (κ3) is 5.10. The van der Waals surface area contributed by atoms with Gasteiger partial charge >= 0.3 is 0 Å². The molecule has 0 aromatic heterocycles. The molecule has 1 aromatic carbocycles. The van der Waals surface area contributed by atoms with Gasteiger partial charge in [0, 0.05) is 5.02 Å². The van der Waals surface area contributed by atoms with Gasteiger partial charge in [-0.15, -0.1) is 0 Å². The van der Waals surface area contributed by atoms with Crippen molar-refractivity contribution >= 4 is 11.6 Å². The minimum absolute atomic E-state index is 0.689. The molecule has 0 amide bonds. The summed E-state index contributed by atoms with van der Waals surface area (Å²) < 4.78 is 0. The zero-order valence-electron chi connectivity index (χ0n) is 10.9. The zero-order valence-corrected chi connectivity index (χ0v) is 11.6. The third-order valence-corrected chi connectivity index (χ3v) is 3.45. The molecule has 1 rings (SSSR count). The van der Waals surface area contributed by atoms with Crippen LogP contribution in [0.1, 0.15) is 57.9 Å². The van der Waals surface area contributed by atoms with Crippen molar-refractivity contribution in [3.05, 3.63) is 34.9 Å². The molecule has 0 saturated heterocycles. The first-order valence-electron chi connectivity index (χ1n) is 6.54. The molecule has 0 aliphatic heterocycles. The van der Waals surface area contributed by atoms with Gasteiger partial charge in [-0.2, -0.15) is 0 Å². The normalized spacial score (nSPS) is 14.6. The second kappa shape index (κ2) is 7.03. The smallest absolute Gasteiger partial charge is 0.0869 e. The molecule has 1 aromatic rings. The Morgan fingerprint density at radius 2 is 1.88 bits per heavy atom. The lowest BCUT2D eigenvalue weighted by molar-refractivity contribution is 0.0448. The molecule has 0 saturated carbocycles. The maximum atomic E-state index is 10.4. The molecule has 0 heterocycles. The zero-order chi connectivity index (χ0) is 12.7. The van der Waals surface area contributed by atoms with Gasteiger partial charge in [0.05, 0.1) is 5.60 Å². The van der Waals surface area contributed by atoms with Gasteiger partial charge in [-0.1, -0.05) is 62.8 Å². The lowest BCUT2D eigenvalue weighted by atomic mass is 9.90. The summed E-state index contributed by atoms with van der Waals surface area (Å²) in [4.78, 5) is 0. The van der Waals surface area contributed by atoms with E-state index in [0.717, 1.165) is 18.4 Å². The van der Waals surface area contributed by atoms with Crippen molar-refractivity contribution < 1.29 is 5.11 Å². The highest BCUT2D eigenvalue weighted by Crippen LogP contribution is 2.28. The van der Waals surface area contributed by atoms with E-state index in [1.165, 1.54) is 25.7 Å². The Kier molecular flexibility index (Phi) is 6.01. The van der Waals surface area contributed by atoms with Crippen LogP contribution in [0.5, 0.6) is 0 Å². The van der Waals surface area contributed by atoms with Crippen LogP contribution in [0.2, 0.25) is 5.02 Å². The predicted octanol–water partition coefficient (Wildman–Crippen LogP) is 4.91. The summed E-state index contributed by atoms with van der Waals surface area (Å²) >= 11 is 5.94. The van der Waals surface area contributed by atoms with Gasteiger partial charge in [0.15, 0.2) is 0 Å². The Balaban J connectivity index is 2.45. The van der Waals surface area contributed by atoms with E-state index in [0.29, 0.717) is 5.02 Å². The van der Waals surface area contributed by atoms with Gasteiger partial charge in [0.2, 0.25) is 0 Å². The van der Waals surface area contributed by atoms with Crippen LogP contribution in [0.4, 0.5) is 0 Å². The second-order valence-corrected chi connectivity index (χ2v) is 5.38.